The monoisotopic (exact) mass is 146 g/mol. The summed E-state index contributed by atoms with van der Waals surface area (Å²) in [5.41, 5.74) is 0. The fourth-order valence-corrected chi connectivity index (χ4v) is 0.525. The summed E-state index contributed by atoms with van der Waals surface area (Å²) in [4.78, 5) is 10.5. The van der Waals surface area contributed by atoms with Crippen molar-refractivity contribution in [2.75, 3.05) is 0 Å². The molecule has 0 saturated carbocycles. The van der Waals surface area contributed by atoms with Crippen LogP contribution in [-0.4, -0.2) is 15.9 Å². The number of Topliss-reactive ketones (excluding diaryl/α,β-unsaturated/α-hetero) is 1. The molecule has 1 N–H and O–H groups in total. The molecule has 0 aromatic rings. The molecular formula is C6H10O2S. The molecule has 2 nitrogen and oxygen atoms in total. The Morgan fingerprint density at radius 2 is 2.11 bits per heavy atom. The van der Waals surface area contributed by atoms with Crippen LogP contribution in [0.3, 0.4) is 0 Å². The number of hydrogen-bond donors (Lipinski definition) is 1. The summed E-state index contributed by atoms with van der Waals surface area (Å²) < 4.78 is 0. The van der Waals surface area contributed by atoms with Gasteiger partial charge in [0.05, 0.1) is 0 Å². The minimum Gasteiger partial charge on any atom is -0.502 e. The second kappa shape index (κ2) is 4.44. The van der Waals surface area contributed by atoms with E-state index < -0.39 is 0 Å². The lowest BCUT2D eigenvalue weighted by molar-refractivity contribution is -0.118. The highest BCUT2D eigenvalue weighted by atomic mass is 32.1. The Morgan fingerprint density at radius 1 is 1.56 bits per heavy atom. The third-order valence-corrected chi connectivity index (χ3v) is 1.22. The molecule has 0 rings (SSSR count). The lowest BCUT2D eigenvalue weighted by Crippen LogP contribution is -1.99. The van der Waals surface area contributed by atoms with Crippen LogP contribution < -0.4 is 0 Å². The van der Waals surface area contributed by atoms with Crippen LogP contribution in [0.5, 0.6) is 0 Å². The molecule has 0 radical (unpaired) electrons. The fourth-order valence-electron chi connectivity index (χ4n) is 0.423. The van der Waals surface area contributed by atoms with E-state index in [1.54, 1.807) is 6.92 Å². The maximum atomic E-state index is 10.5. The highest BCUT2D eigenvalue weighted by Gasteiger charge is 1.98. The van der Waals surface area contributed by atoms with Gasteiger partial charge in [0.25, 0.3) is 0 Å². The van der Waals surface area contributed by atoms with Crippen molar-refractivity contribution in [2.24, 2.45) is 0 Å². The highest BCUT2D eigenvalue weighted by Crippen LogP contribution is 1.94. The average molecular weight is 146 g/mol. The van der Waals surface area contributed by atoms with Crippen molar-refractivity contribution in [2.45, 2.75) is 26.2 Å². The Labute approximate surface area is 59.9 Å². The Hall–Kier alpha value is -0.440. The Bertz CT molecular complexity index is 120. The molecule has 0 saturated heterocycles. The van der Waals surface area contributed by atoms with Gasteiger partial charge in [-0.15, -0.1) is 0 Å². The zero-order valence-electron chi connectivity index (χ0n) is 5.39. The van der Waals surface area contributed by atoms with Gasteiger partial charge in [0.15, 0.2) is 5.05 Å². The van der Waals surface area contributed by atoms with Gasteiger partial charge in [0.2, 0.25) is 0 Å². The lowest BCUT2D eigenvalue weighted by Gasteiger charge is -1.92. The summed E-state index contributed by atoms with van der Waals surface area (Å²) in [6.45, 7) is 1.79. The highest BCUT2D eigenvalue weighted by molar-refractivity contribution is 7.80. The van der Waals surface area contributed by atoms with E-state index in [4.69, 9.17) is 5.11 Å². The number of ketones is 1. The van der Waals surface area contributed by atoms with Crippen LogP contribution in [0.2, 0.25) is 0 Å². The van der Waals surface area contributed by atoms with Crippen molar-refractivity contribution in [1.82, 2.24) is 0 Å². The third-order valence-electron chi connectivity index (χ3n) is 1.01. The van der Waals surface area contributed by atoms with Gasteiger partial charge in [-0.25, -0.2) is 0 Å². The maximum Gasteiger partial charge on any atom is 0.156 e. The molecule has 0 aliphatic carbocycles. The predicted molar refractivity (Wildman–Crippen MR) is 39.8 cm³/mol. The van der Waals surface area contributed by atoms with Gasteiger partial charge in [0.1, 0.15) is 5.78 Å². The van der Waals surface area contributed by atoms with E-state index in [0.29, 0.717) is 19.3 Å². The molecule has 0 aromatic heterocycles. The van der Waals surface area contributed by atoms with E-state index in [1.165, 1.54) is 0 Å². The molecule has 0 amide bonds. The molecule has 0 bridgehead atoms. The largest absolute Gasteiger partial charge is 0.502 e. The molecule has 3 heteroatoms. The van der Waals surface area contributed by atoms with E-state index in [2.05, 4.69) is 12.2 Å². The third kappa shape index (κ3) is 5.43. The smallest absolute Gasteiger partial charge is 0.156 e. The van der Waals surface area contributed by atoms with E-state index in [9.17, 15) is 4.79 Å². The SMILES string of the molecule is CCC(=O)CCC(O)=S. The quantitative estimate of drug-likeness (QED) is 0.612. The Kier molecular flexibility index (Phi) is 4.22. The van der Waals surface area contributed by atoms with Gasteiger partial charge >= 0.3 is 0 Å². The zero-order chi connectivity index (χ0) is 7.28. The van der Waals surface area contributed by atoms with Gasteiger partial charge in [-0.3, -0.25) is 4.79 Å². The topological polar surface area (TPSA) is 37.3 Å². The number of hydrogen-bond acceptors (Lipinski definition) is 2. The minimum atomic E-state index is -0.0724. The van der Waals surface area contributed by atoms with Crippen LogP contribution in [0.1, 0.15) is 26.2 Å². The molecule has 0 aliphatic rings. The first-order chi connectivity index (χ1) is 4.16. The summed E-state index contributed by atoms with van der Waals surface area (Å²) in [7, 11) is 0. The number of carbonyl (C=O) groups is 1. The summed E-state index contributed by atoms with van der Waals surface area (Å²) in [5.74, 6) is 0.145. The van der Waals surface area contributed by atoms with Gasteiger partial charge < -0.3 is 5.11 Å². The van der Waals surface area contributed by atoms with E-state index >= 15 is 0 Å². The van der Waals surface area contributed by atoms with Crippen molar-refractivity contribution in [3.63, 3.8) is 0 Å². The number of rotatable bonds is 4. The molecule has 0 unspecified atom stereocenters. The van der Waals surface area contributed by atoms with Crippen LogP contribution in [0, 0.1) is 0 Å². The average Bonchev–Trinajstić information content (AvgIpc) is 1.83. The van der Waals surface area contributed by atoms with Crippen LogP contribution in [0.15, 0.2) is 0 Å². The molecule has 9 heavy (non-hydrogen) atoms. The fraction of sp³-hybridized carbons (Fsp3) is 0.667. The van der Waals surface area contributed by atoms with Gasteiger partial charge in [0, 0.05) is 19.3 Å². The molecule has 0 aromatic carbocycles. The first kappa shape index (κ1) is 8.56. The van der Waals surface area contributed by atoms with Crippen molar-refractivity contribution >= 4 is 23.1 Å². The number of aliphatic hydroxyl groups is 1. The number of carbonyl (C=O) groups excluding carboxylic acids is 1. The van der Waals surface area contributed by atoms with Crippen LogP contribution >= 0.6 is 12.2 Å². The van der Waals surface area contributed by atoms with Crippen LogP contribution in [0.25, 0.3) is 0 Å². The van der Waals surface area contributed by atoms with Gasteiger partial charge in [-0.1, -0.05) is 6.92 Å². The Balaban J connectivity index is 3.28. The van der Waals surface area contributed by atoms with E-state index in [-0.39, 0.29) is 10.8 Å². The lowest BCUT2D eigenvalue weighted by atomic mass is 10.2. The van der Waals surface area contributed by atoms with Crippen LogP contribution in [-0.2, 0) is 4.79 Å². The first-order valence-corrected chi connectivity index (χ1v) is 3.31. The summed E-state index contributed by atoms with van der Waals surface area (Å²) in [5, 5.41) is 8.40. The van der Waals surface area contributed by atoms with Crippen molar-refractivity contribution in [1.29, 1.82) is 0 Å². The molecule has 0 spiro atoms. The normalized spacial score (nSPS) is 9.00. The second-order valence-corrected chi connectivity index (χ2v) is 2.26. The van der Waals surface area contributed by atoms with Crippen molar-refractivity contribution in [3.05, 3.63) is 0 Å². The van der Waals surface area contributed by atoms with Crippen LogP contribution in [0.4, 0.5) is 0 Å². The zero-order valence-corrected chi connectivity index (χ0v) is 6.20. The summed E-state index contributed by atoms with van der Waals surface area (Å²) in [6.07, 6.45) is 1.25. The molecule has 52 valence electrons. The molecular weight excluding hydrogens is 136 g/mol. The molecule has 0 aliphatic heterocycles. The van der Waals surface area contributed by atoms with Gasteiger partial charge in [-0.2, -0.15) is 0 Å². The first-order valence-electron chi connectivity index (χ1n) is 2.90. The second-order valence-electron chi connectivity index (χ2n) is 1.79. The molecule has 0 heterocycles. The summed E-state index contributed by atoms with van der Waals surface area (Å²) >= 11 is 4.37. The minimum absolute atomic E-state index is 0.0724. The number of aliphatic hydroxyl groups excluding tert-OH is 1. The molecule has 0 atom stereocenters. The van der Waals surface area contributed by atoms with E-state index in [0.717, 1.165) is 0 Å². The Morgan fingerprint density at radius 3 is 2.44 bits per heavy atom. The standard InChI is InChI=1S/C6H10O2S/c1-2-5(7)3-4-6(8)9/h2-4H2,1H3,(H,8,9). The van der Waals surface area contributed by atoms with Crippen molar-refractivity contribution < 1.29 is 9.90 Å². The predicted octanol–water partition coefficient (Wildman–Crippen LogP) is 1.63. The van der Waals surface area contributed by atoms with Gasteiger partial charge in [-0.05, 0) is 12.2 Å². The maximum absolute atomic E-state index is 10.5. The number of thiocarbonyl (C=S) groups is 1. The van der Waals surface area contributed by atoms with Crippen molar-refractivity contribution in [3.8, 4) is 0 Å². The molecule has 0 fully saturated rings. The van der Waals surface area contributed by atoms with E-state index in [1.807, 2.05) is 0 Å². The summed E-state index contributed by atoms with van der Waals surface area (Å²) in [6, 6.07) is 0.